The molecule has 1 aliphatic heterocycles. The molecule has 3 nitrogen and oxygen atoms in total. The standard InChI is InChI=1S/C15H22O3/c1-8-4-7-12-10(3)14(17)18-15(12)11(8)6-5-9(2)13(15)16/h5,8,10-13,16H,4,6-7H2,1-3H3/t8-,10-,11+,12+,13+,15+/m1/s1. The van der Waals surface area contributed by atoms with Gasteiger partial charge in [-0.2, -0.15) is 0 Å². The molecular weight excluding hydrogens is 228 g/mol. The number of hydrogen-bond donors (Lipinski definition) is 1. The normalized spacial score (nSPS) is 51.2. The largest absolute Gasteiger partial charge is 0.455 e. The minimum absolute atomic E-state index is 0.0689. The van der Waals surface area contributed by atoms with Crippen LogP contribution in [-0.4, -0.2) is 22.8 Å². The third kappa shape index (κ3) is 1.31. The van der Waals surface area contributed by atoms with Gasteiger partial charge in [0.15, 0.2) is 0 Å². The molecule has 0 bridgehead atoms. The summed E-state index contributed by atoms with van der Waals surface area (Å²) in [6.45, 7) is 6.12. The lowest BCUT2D eigenvalue weighted by atomic mass is 9.56. The summed E-state index contributed by atoms with van der Waals surface area (Å²) in [6.07, 6.45) is 4.57. The molecule has 6 atom stereocenters. The first-order valence-corrected chi connectivity index (χ1v) is 7.06. The van der Waals surface area contributed by atoms with Crippen molar-refractivity contribution in [1.82, 2.24) is 0 Å². The Hall–Kier alpha value is -0.830. The van der Waals surface area contributed by atoms with Crippen LogP contribution in [0.5, 0.6) is 0 Å². The van der Waals surface area contributed by atoms with E-state index in [1.807, 2.05) is 13.8 Å². The summed E-state index contributed by atoms with van der Waals surface area (Å²) in [5.41, 5.74) is 0.333. The predicted octanol–water partition coefficient (Wildman–Crippen LogP) is 2.29. The van der Waals surface area contributed by atoms with Crippen molar-refractivity contribution < 1.29 is 14.6 Å². The van der Waals surface area contributed by atoms with Gasteiger partial charge in [0.2, 0.25) is 0 Å². The number of rotatable bonds is 0. The van der Waals surface area contributed by atoms with E-state index in [0.717, 1.165) is 24.8 Å². The summed E-state index contributed by atoms with van der Waals surface area (Å²) >= 11 is 0. The van der Waals surface area contributed by atoms with Gasteiger partial charge in [0.25, 0.3) is 0 Å². The van der Waals surface area contributed by atoms with Crippen LogP contribution in [0, 0.1) is 23.7 Å². The maximum atomic E-state index is 12.0. The average molecular weight is 250 g/mol. The maximum Gasteiger partial charge on any atom is 0.309 e. The van der Waals surface area contributed by atoms with Crippen LogP contribution in [0.4, 0.5) is 0 Å². The Bertz CT molecular complexity index is 414. The third-order valence-electron chi connectivity index (χ3n) is 5.58. The Balaban J connectivity index is 2.10. The minimum Gasteiger partial charge on any atom is -0.455 e. The first-order valence-electron chi connectivity index (χ1n) is 7.06. The Morgan fingerprint density at radius 1 is 1.33 bits per heavy atom. The molecule has 18 heavy (non-hydrogen) atoms. The fourth-order valence-electron chi connectivity index (χ4n) is 4.47. The second kappa shape index (κ2) is 3.83. The quantitative estimate of drug-likeness (QED) is 0.530. The summed E-state index contributed by atoms with van der Waals surface area (Å²) < 4.78 is 5.79. The Kier molecular flexibility index (Phi) is 2.60. The lowest BCUT2D eigenvalue weighted by molar-refractivity contribution is -0.183. The van der Waals surface area contributed by atoms with E-state index in [2.05, 4.69) is 13.0 Å². The smallest absolute Gasteiger partial charge is 0.309 e. The molecule has 3 aliphatic rings. The number of allylic oxidation sites excluding steroid dienone is 1. The Morgan fingerprint density at radius 2 is 2.06 bits per heavy atom. The number of esters is 1. The molecule has 1 heterocycles. The summed E-state index contributed by atoms with van der Waals surface area (Å²) in [6, 6.07) is 0. The van der Waals surface area contributed by atoms with Gasteiger partial charge in [0, 0.05) is 11.8 Å². The maximum absolute atomic E-state index is 12.0. The van der Waals surface area contributed by atoms with Crippen molar-refractivity contribution in [3.63, 3.8) is 0 Å². The number of aliphatic hydroxyl groups is 1. The van der Waals surface area contributed by atoms with E-state index < -0.39 is 11.7 Å². The van der Waals surface area contributed by atoms with E-state index in [4.69, 9.17) is 4.74 Å². The zero-order chi connectivity index (χ0) is 13.1. The van der Waals surface area contributed by atoms with Crippen molar-refractivity contribution in [3.05, 3.63) is 11.6 Å². The Morgan fingerprint density at radius 3 is 2.78 bits per heavy atom. The molecule has 0 aromatic rings. The molecule has 2 fully saturated rings. The fraction of sp³-hybridized carbons (Fsp3) is 0.800. The van der Waals surface area contributed by atoms with Gasteiger partial charge in [-0.3, -0.25) is 4.79 Å². The van der Waals surface area contributed by atoms with Gasteiger partial charge in [-0.1, -0.05) is 19.9 Å². The van der Waals surface area contributed by atoms with Gasteiger partial charge in [-0.05, 0) is 37.7 Å². The van der Waals surface area contributed by atoms with Gasteiger partial charge in [-0.15, -0.1) is 0 Å². The highest BCUT2D eigenvalue weighted by atomic mass is 16.6. The second-order valence-electron chi connectivity index (χ2n) is 6.42. The topological polar surface area (TPSA) is 46.5 Å². The molecule has 1 saturated carbocycles. The molecule has 0 aromatic heterocycles. The van der Waals surface area contributed by atoms with Gasteiger partial charge in [0.05, 0.1) is 5.92 Å². The zero-order valence-electron chi connectivity index (χ0n) is 11.3. The molecule has 0 unspecified atom stereocenters. The number of carbonyl (C=O) groups is 1. The molecule has 1 N–H and O–H groups in total. The molecular formula is C15H22O3. The van der Waals surface area contributed by atoms with E-state index in [9.17, 15) is 9.90 Å². The van der Waals surface area contributed by atoms with Crippen molar-refractivity contribution in [3.8, 4) is 0 Å². The molecule has 0 radical (unpaired) electrons. The SMILES string of the molecule is CC1=CC[C@H]2[C@H](C)CC[C@H]3[C@@H](C)C(=O)O[C@@]23[C@H]1O. The van der Waals surface area contributed by atoms with Crippen LogP contribution in [0.15, 0.2) is 11.6 Å². The fourth-order valence-corrected chi connectivity index (χ4v) is 4.47. The van der Waals surface area contributed by atoms with E-state index in [-0.39, 0.29) is 23.7 Å². The van der Waals surface area contributed by atoms with Gasteiger partial charge in [-0.25, -0.2) is 0 Å². The van der Waals surface area contributed by atoms with Gasteiger partial charge in [0.1, 0.15) is 11.7 Å². The van der Waals surface area contributed by atoms with E-state index in [1.165, 1.54) is 0 Å². The lowest BCUT2D eigenvalue weighted by Gasteiger charge is -2.52. The van der Waals surface area contributed by atoms with Crippen LogP contribution < -0.4 is 0 Å². The summed E-state index contributed by atoms with van der Waals surface area (Å²) in [5.74, 6) is 0.792. The van der Waals surface area contributed by atoms with Crippen LogP contribution in [-0.2, 0) is 9.53 Å². The summed E-state index contributed by atoms with van der Waals surface area (Å²) in [5, 5.41) is 10.6. The number of aliphatic hydroxyl groups excluding tert-OH is 1. The first-order chi connectivity index (χ1) is 8.48. The number of hydrogen-bond acceptors (Lipinski definition) is 3. The molecule has 0 aromatic carbocycles. The highest BCUT2D eigenvalue weighted by molar-refractivity contribution is 5.76. The van der Waals surface area contributed by atoms with Crippen molar-refractivity contribution in [1.29, 1.82) is 0 Å². The monoisotopic (exact) mass is 250 g/mol. The molecule has 100 valence electrons. The minimum atomic E-state index is -0.632. The van der Waals surface area contributed by atoms with E-state index >= 15 is 0 Å². The molecule has 3 heteroatoms. The van der Waals surface area contributed by atoms with Crippen LogP contribution in [0.1, 0.15) is 40.0 Å². The molecule has 3 rings (SSSR count). The molecule has 0 amide bonds. The number of carbonyl (C=O) groups excluding carboxylic acids is 1. The Labute approximate surface area is 108 Å². The summed E-state index contributed by atoms with van der Waals surface area (Å²) in [7, 11) is 0. The van der Waals surface area contributed by atoms with Crippen LogP contribution in [0.25, 0.3) is 0 Å². The highest BCUT2D eigenvalue weighted by Crippen LogP contribution is 2.57. The molecule has 1 spiro atoms. The van der Waals surface area contributed by atoms with Gasteiger partial charge < -0.3 is 9.84 Å². The summed E-state index contributed by atoms with van der Waals surface area (Å²) in [4.78, 5) is 12.0. The van der Waals surface area contributed by atoms with Crippen LogP contribution >= 0.6 is 0 Å². The molecule has 1 saturated heterocycles. The first kappa shape index (κ1) is 12.2. The van der Waals surface area contributed by atoms with Crippen molar-refractivity contribution >= 4 is 5.97 Å². The van der Waals surface area contributed by atoms with Gasteiger partial charge >= 0.3 is 5.97 Å². The number of ether oxygens (including phenoxy) is 1. The predicted molar refractivity (Wildman–Crippen MR) is 67.7 cm³/mol. The third-order valence-corrected chi connectivity index (χ3v) is 5.58. The van der Waals surface area contributed by atoms with Crippen molar-refractivity contribution in [2.45, 2.75) is 51.7 Å². The van der Waals surface area contributed by atoms with Crippen molar-refractivity contribution in [2.75, 3.05) is 0 Å². The second-order valence-corrected chi connectivity index (χ2v) is 6.42. The van der Waals surface area contributed by atoms with E-state index in [0.29, 0.717) is 5.92 Å². The van der Waals surface area contributed by atoms with Crippen molar-refractivity contribution in [2.24, 2.45) is 23.7 Å². The molecule has 2 aliphatic carbocycles. The highest BCUT2D eigenvalue weighted by Gasteiger charge is 2.65. The lowest BCUT2D eigenvalue weighted by Crippen LogP contribution is -2.59. The van der Waals surface area contributed by atoms with Crippen LogP contribution in [0.3, 0.4) is 0 Å². The van der Waals surface area contributed by atoms with E-state index in [1.54, 1.807) is 0 Å². The average Bonchev–Trinajstić information content (AvgIpc) is 2.59. The van der Waals surface area contributed by atoms with Crippen LogP contribution in [0.2, 0.25) is 0 Å². The zero-order valence-corrected chi connectivity index (χ0v) is 11.3.